The molecule has 0 aliphatic carbocycles. The number of piperazine rings is 1. The Morgan fingerprint density at radius 1 is 1.00 bits per heavy atom. The molecule has 8 heteroatoms. The zero-order valence-electron chi connectivity index (χ0n) is 19.9. The number of hydrogen-bond donors (Lipinski definition) is 0. The number of nitrogens with zero attached hydrogens (tertiary/aromatic N) is 2. The second-order valence-corrected chi connectivity index (χ2v) is 11.8. The molecule has 0 bridgehead atoms. The van der Waals surface area contributed by atoms with Gasteiger partial charge >= 0.3 is 0 Å². The number of rotatable bonds is 7. The maximum Gasteiger partial charge on any atom is 0.243 e. The van der Waals surface area contributed by atoms with Gasteiger partial charge in [0.2, 0.25) is 15.9 Å². The zero-order valence-corrected chi connectivity index (χ0v) is 21.6. The Morgan fingerprint density at radius 3 is 2.18 bits per heavy atom. The van der Waals surface area contributed by atoms with Crippen LogP contribution in [-0.2, 0) is 20.6 Å². The van der Waals surface area contributed by atoms with Crippen molar-refractivity contribution in [3.8, 4) is 0 Å². The van der Waals surface area contributed by atoms with Crippen LogP contribution in [0.3, 0.4) is 0 Å². The second kappa shape index (κ2) is 10.4. The van der Waals surface area contributed by atoms with Gasteiger partial charge in [-0.15, -0.1) is 11.8 Å². The summed E-state index contributed by atoms with van der Waals surface area (Å²) in [6, 6.07) is 10.4. The fourth-order valence-electron chi connectivity index (χ4n) is 4.42. The van der Waals surface area contributed by atoms with Crippen molar-refractivity contribution >= 4 is 33.5 Å². The number of thioether (sulfide) groups is 1. The highest BCUT2D eigenvalue weighted by Crippen LogP contribution is 2.29. The van der Waals surface area contributed by atoms with Crippen LogP contribution in [-0.4, -0.2) is 60.7 Å². The Kier molecular flexibility index (Phi) is 8.03. The van der Waals surface area contributed by atoms with Gasteiger partial charge in [0.1, 0.15) is 0 Å². The minimum absolute atomic E-state index is 0.0194. The van der Waals surface area contributed by atoms with Crippen molar-refractivity contribution in [2.75, 3.05) is 26.2 Å². The molecule has 6 nitrogen and oxygen atoms in total. The number of carbonyl (C=O) groups excluding carboxylic acids is 2. The van der Waals surface area contributed by atoms with Crippen molar-refractivity contribution in [1.82, 2.24) is 9.21 Å². The molecule has 0 spiro atoms. The van der Waals surface area contributed by atoms with Crippen molar-refractivity contribution in [3.05, 3.63) is 64.2 Å². The maximum atomic E-state index is 13.0. The molecule has 0 saturated carbocycles. The van der Waals surface area contributed by atoms with Crippen molar-refractivity contribution in [2.45, 2.75) is 50.5 Å². The van der Waals surface area contributed by atoms with Crippen molar-refractivity contribution in [2.24, 2.45) is 0 Å². The molecule has 2 aromatic rings. The van der Waals surface area contributed by atoms with Crippen molar-refractivity contribution in [3.63, 3.8) is 0 Å². The number of ketones is 1. The lowest BCUT2D eigenvalue weighted by atomic mass is 9.92. The fraction of sp³-hybridized carbons (Fsp3) is 0.440. The lowest BCUT2D eigenvalue weighted by Gasteiger charge is -2.35. The number of hydrogen-bond acceptors (Lipinski definition) is 5. The van der Waals surface area contributed by atoms with E-state index in [0.717, 1.165) is 27.8 Å². The molecule has 0 aromatic heterocycles. The first kappa shape index (κ1) is 25.5. The van der Waals surface area contributed by atoms with E-state index in [1.165, 1.54) is 4.31 Å². The Balaban J connectivity index is 1.61. The van der Waals surface area contributed by atoms with Gasteiger partial charge in [-0.25, -0.2) is 8.42 Å². The van der Waals surface area contributed by atoms with Gasteiger partial charge in [0.25, 0.3) is 0 Å². The van der Waals surface area contributed by atoms with Crippen LogP contribution < -0.4 is 0 Å². The summed E-state index contributed by atoms with van der Waals surface area (Å²) in [5.74, 6) is 0.725. The normalized spacial score (nSPS) is 16.0. The van der Waals surface area contributed by atoms with Gasteiger partial charge in [0, 0.05) is 37.5 Å². The Bertz CT molecular complexity index is 1140. The first-order valence-corrected chi connectivity index (χ1v) is 13.6. The number of aryl methyl sites for hydroxylation is 2. The summed E-state index contributed by atoms with van der Waals surface area (Å²) < 4.78 is 27.1. The zero-order chi connectivity index (χ0) is 24.3. The summed E-state index contributed by atoms with van der Waals surface area (Å²) in [5.41, 5.74) is 4.98. The minimum Gasteiger partial charge on any atom is -0.339 e. The largest absolute Gasteiger partial charge is 0.339 e. The monoisotopic (exact) mass is 488 g/mol. The third-order valence-corrected chi connectivity index (χ3v) is 9.31. The van der Waals surface area contributed by atoms with Gasteiger partial charge in [0.05, 0.1) is 10.1 Å². The predicted molar refractivity (Wildman–Crippen MR) is 133 cm³/mol. The number of benzene rings is 2. The highest BCUT2D eigenvalue weighted by molar-refractivity contribution is 7.99. The highest BCUT2D eigenvalue weighted by Gasteiger charge is 2.31. The summed E-state index contributed by atoms with van der Waals surface area (Å²) in [5, 5.41) is -0.261. The molecule has 1 fully saturated rings. The molecule has 1 aliphatic rings. The lowest BCUT2D eigenvalue weighted by Crippen LogP contribution is -2.52. The molecule has 1 heterocycles. The standard InChI is InChI=1S/C25H32N2O4S2/c1-17-15-18(2)24(20(4)28)19(3)23(17)16-32-21(5)25(29)26-11-13-27(14-12-26)33(30,31)22-9-7-6-8-10-22/h6-10,15,21H,11-14,16H2,1-5H3/t21-/m1/s1. The van der Waals surface area contributed by atoms with Crippen LogP contribution in [0.15, 0.2) is 41.3 Å². The van der Waals surface area contributed by atoms with E-state index in [1.54, 1.807) is 53.9 Å². The number of Topliss-reactive ketones (excluding diaryl/α,β-unsaturated/α-hetero) is 1. The van der Waals surface area contributed by atoms with Gasteiger partial charge in [-0.2, -0.15) is 4.31 Å². The van der Waals surface area contributed by atoms with Gasteiger partial charge < -0.3 is 4.90 Å². The van der Waals surface area contributed by atoms with E-state index < -0.39 is 10.0 Å². The van der Waals surface area contributed by atoms with Gasteiger partial charge in [-0.1, -0.05) is 24.3 Å². The summed E-state index contributed by atoms with van der Waals surface area (Å²) >= 11 is 1.55. The van der Waals surface area contributed by atoms with E-state index in [-0.39, 0.29) is 21.8 Å². The molecular weight excluding hydrogens is 456 g/mol. The van der Waals surface area contributed by atoms with Gasteiger partial charge in [-0.3, -0.25) is 9.59 Å². The smallest absolute Gasteiger partial charge is 0.243 e. The molecular formula is C25H32N2O4S2. The quantitative estimate of drug-likeness (QED) is 0.552. The van der Waals surface area contributed by atoms with E-state index in [9.17, 15) is 18.0 Å². The molecule has 1 atom stereocenters. The van der Waals surface area contributed by atoms with Gasteiger partial charge in [-0.05, 0) is 69.0 Å². The molecule has 1 aliphatic heterocycles. The van der Waals surface area contributed by atoms with E-state index >= 15 is 0 Å². The Labute approximate surface area is 201 Å². The third kappa shape index (κ3) is 5.50. The minimum atomic E-state index is -3.54. The van der Waals surface area contributed by atoms with Crippen LogP contribution in [0.25, 0.3) is 0 Å². The maximum absolute atomic E-state index is 13.0. The molecule has 1 saturated heterocycles. The van der Waals surface area contributed by atoms with Crippen LogP contribution >= 0.6 is 11.8 Å². The Morgan fingerprint density at radius 2 is 1.61 bits per heavy atom. The predicted octanol–water partition coefficient (Wildman–Crippen LogP) is 3.97. The van der Waals surface area contributed by atoms with Crippen LogP contribution in [0.2, 0.25) is 0 Å². The van der Waals surface area contributed by atoms with Crippen LogP contribution in [0.1, 0.15) is 46.5 Å². The molecule has 0 N–H and O–H groups in total. The Hall–Kier alpha value is -2.16. The topological polar surface area (TPSA) is 74.8 Å². The first-order valence-electron chi connectivity index (χ1n) is 11.1. The average molecular weight is 489 g/mol. The molecule has 178 valence electrons. The van der Waals surface area contributed by atoms with Crippen LogP contribution in [0, 0.1) is 20.8 Å². The molecule has 0 radical (unpaired) electrons. The molecule has 3 rings (SSSR count). The molecule has 33 heavy (non-hydrogen) atoms. The van der Waals surface area contributed by atoms with E-state index in [2.05, 4.69) is 0 Å². The van der Waals surface area contributed by atoms with E-state index in [4.69, 9.17) is 0 Å². The number of sulfonamides is 1. The summed E-state index contributed by atoms with van der Waals surface area (Å²) in [4.78, 5) is 27.1. The van der Waals surface area contributed by atoms with Crippen molar-refractivity contribution < 1.29 is 18.0 Å². The van der Waals surface area contributed by atoms with Crippen LogP contribution in [0.4, 0.5) is 0 Å². The fourth-order valence-corrected chi connectivity index (χ4v) is 7.01. The van der Waals surface area contributed by atoms with Crippen molar-refractivity contribution in [1.29, 1.82) is 0 Å². The lowest BCUT2D eigenvalue weighted by molar-refractivity contribution is -0.131. The summed E-state index contributed by atoms with van der Waals surface area (Å²) in [7, 11) is -3.54. The average Bonchev–Trinajstić information content (AvgIpc) is 2.78. The molecule has 2 aromatic carbocycles. The van der Waals surface area contributed by atoms with Crippen LogP contribution in [0.5, 0.6) is 0 Å². The summed E-state index contributed by atoms with van der Waals surface area (Å²) in [6.07, 6.45) is 0. The first-order chi connectivity index (χ1) is 15.5. The third-order valence-electron chi connectivity index (χ3n) is 6.24. The SMILES string of the molecule is CC(=O)c1c(C)cc(C)c(CS[C@H](C)C(=O)N2CCN(S(=O)(=O)c3ccccc3)CC2)c1C. The second-order valence-electron chi connectivity index (χ2n) is 8.54. The molecule has 0 unspecified atom stereocenters. The highest BCUT2D eigenvalue weighted by atomic mass is 32.2. The number of amides is 1. The summed E-state index contributed by atoms with van der Waals surface area (Å²) in [6.45, 7) is 10.8. The number of carbonyl (C=O) groups is 2. The van der Waals surface area contributed by atoms with Gasteiger partial charge in [0.15, 0.2) is 5.78 Å². The van der Waals surface area contributed by atoms with E-state index in [0.29, 0.717) is 31.9 Å². The van der Waals surface area contributed by atoms with E-state index in [1.807, 2.05) is 33.8 Å². The molecule has 1 amide bonds.